The van der Waals surface area contributed by atoms with Crippen LogP contribution in [0.5, 0.6) is 0 Å². The molecule has 11 heteroatoms. The van der Waals surface area contributed by atoms with Crippen LogP contribution < -0.4 is 5.32 Å². The third kappa shape index (κ3) is 6.57. The van der Waals surface area contributed by atoms with Crippen LogP contribution in [0.4, 0.5) is 23.7 Å². The summed E-state index contributed by atoms with van der Waals surface area (Å²) in [6.45, 7) is 7.85. The first-order valence-corrected chi connectivity index (χ1v) is 13.0. The van der Waals surface area contributed by atoms with Gasteiger partial charge in [-0.3, -0.25) is 14.7 Å². The maximum Gasteiger partial charge on any atom is 0.411 e. The van der Waals surface area contributed by atoms with Crippen molar-refractivity contribution in [1.29, 1.82) is 0 Å². The van der Waals surface area contributed by atoms with Crippen LogP contribution in [-0.2, 0) is 4.74 Å². The molecule has 1 aliphatic heterocycles. The van der Waals surface area contributed by atoms with Crippen molar-refractivity contribution in [2.75, 3.05) is 11.9 Å². The minimum Gasteiger partial charge on any atom is -0.444 e. The number of nitrogens with one attached hydrogen (secondary N) is 1. The normalized spacial score (nSPS) is 17.0. The standard InChI is InChI=1S/C29H32F3N5O3/c1-17(2)25-34-14-18(15-35-25)26(38)36-23-20(19-8-6-7-9-21(19)30)11-13-33-24(23)22-10-12-29(31,32)16-37(22)27(39)40-28(3,4)5/h6-9,11,13-15,17,22H,10,12,16H2,1-5H3,(H,36,38). The monoisotopic (exact) mass is 555 g/mol. The zero-order valence-electron chi connectivity index (χ0n) is 23.0. The van der Waals surface area contributed by atoms with Gasteiger partial charge in [0.1, 0.15) is 17.2 Å². The first-order valence-electron chi connectivity index (χ1n) is 13.0. The molecule has 1 aliphatic rings. The number of benzene rings is 1. The Balaban J connectivity index is 1.82. The second-order valence-electron chi connectivity index (χ2n) is 11.1. The van der Waals surface area contributed by atoms with E-state index in [2.05, 4.69) is 20.3 Å². The Morgan fingerprint density at radius 3 is 2.38 bits per heavy atom. The van der Waals surface area contributed by atoms with E-state index in [0.29, 0.717) is 5.82 Å². The lowest BCUT2D eigenvalue weighted by Crippen LogP contribution is -2.49. The van der Waals surface area contributed by atoms with E-state index in [-0.39, 0.29) is 40.4 Å². The highest BCUT2D eigenvalue weighted by Crippen LogP contribution is 2.43. The van der Waals surface area contributed by atoms with Crippen LogP contribution >= 0.6 is 0 Å². The molecule has 0 bridgehead atoms. The number of aromatic nitrogens is 3. The predicted molar refractivity (Wildman–Crippen MR) is 144 cm³/mol. The highest BCUT2D eigenvalue weighted by molar-refractivity contribution is 6.06. The third-order valence-electron chi connectivity index (χ3n) is 6.34. The van der Waals surface area contributed by atoms with Gasteiger partial charge in [0.2, 0.25) is 0 Å². The summed E-state index contributed by atoms with van der Waals surface area (Å²) in [6.07, 6.45) is 2.54. The van der Waals surface area contributed by atoms with Crippen molar-refractivity contribution >= 4 is 17.7 Å². The summed E-state index contributed by atoms with van der Waals surface area (Å²) >= 11 is 0. The van der Waals surface area contributed by atoms with Gasteiger partial charge in [-0.25, -0.2) is 27.9 Å². The molecule has 1 aromatic carbocycles. The smallest absolute Gasteiger partial charge is 0.411 e. The summed E-state index contributed by atoms with van der Waals surface area (Å²) in [6, 6.07) is 6.51. The number of hydrogen-bond acceptors (Lipinski definition) is 6. The fraction of sp³-hybridized carbons (Fsp3) is 0.414. The second-order valence-corrected chi connectivity index (χ2v) is 11.1. The van der Waals surface area contributed by atoms with Crippen LogP contribution in [0.1, 0.15) is 81.3 Å². The number of carbonyl (C=O) groups is 2. The molecule has 3 aromatic rings. The van der Waals surface area contributed by atoms with Crippen molar-refractivity contribution in [3.63, 3.8) is 0 Å². The Bertz CT molecular complexity index is 1390. The van der Waals surface area contributed by atoms with Gasteiger partial charge in [0.15, 0.2) is 0 Å². The zero-order chi connectivity index (χ0) is 29.2. The Kier molecular flexibility index (Phi) is 8.13. The Morgan fingerprint density at radius 2 is 1.75 bits per heavy atom. The van der Waals surface area contributed by atoms with E-state index in [9.17, 15) is 22.8 Å². The fourth-order valence-corrected chi connectivity index (χ4v) is 4.44. The second kappa shape index (κ2) is 11.2. The van der Waals surface area contributed by atoms with Crippen LogP contribution in [-0.4, -0.2) is 49.9 Å². The van der Waals surface area contributed by atoms with Crippen molar-refractivity contribution in [1.82, 2.24) is 19.9 Å². The van der Waals surface area contributed by atoms with E-state index in [1.165, 1.54) is 42.9 Å². The average Bonchev–Trinajstić information content (AvgIpc) is 2.88. The van der Waals surface area contributed by atoms with Gasteiger partial charge in [0.25, 0.3) is 11.8 Å². The lowest BCUT2D eigenvalue weighted by Gasteiger charge is -2.40. The van der Waals surface area contributed by atoms with Gasteiger partial charge in [0, 0.05) is 42.1 Å². The van der Waals surface area contributed by atoms with Gasteiger partial charge in [0.05, 0.1) is 29.5 Å². The number of likely N-dealkylation sites (tertiary alicyclic amines) is 1. The largest absolute Gasteiger partial charge is 0.444 e. The maximum atomic E-state index is 15.0. The summed E-state index contributed by atoms with van der Waals surface area (Å²) in [5, 5.41) is 2.78. The van der Waals surface area contributed by atoms with Crippen LogP contribution in [0, 0.1) is 5.82 Å². The minimum atomic E-state index is -3.14. The number of alkyl halides is 2. The molecule has 8 nitrogen and oxygen atoms in total. The highest BCUT2D eigenvalue weighted by atomic mass is 19.3. The summed E-state index contributed by atoms with van der Waals surface area (Å²) in [7, 11) is 0. The van der Waals surface area contributed by atoms with Gasteiger partial charge >= 0.3 is 6.09 Å². The van der Waals surface area contributed by atoms with Crippen molar-refractivity contribution in [3.8, 4) is 11.1 Å². The first kappa shape index (κ1) is 29.0. The van der Waals surface area contributed by atoms with E-state index in [1.54, 1.807) is 26.8 Å². The number of carbonyl (C=O) groups excluding carboxylic acids is 2. The predicted octanol–water partition coefficient (Wildman–Crippen LogP) is 6.76. The van der Waals surface area contributed by atoms with E-state index in [0.717, 1.165) is 4.90 Å². The van der Waals surface area contributed by atoms with Gasteiger partial charge in [-0.2, -0.15) is 0 Å². The molecule has 3 heterocycles. The molecule has 1 atom stereocenters. The summed E-state index contributed by atoms with van der Waals surface area (Å²) in [4.78, 5) is 40.3. The van der Waals surface area contributed by atoms with Gasteiger partial charge in [-0.15, -0.1) is 0 Å². The maximum absolute atomic E-state index is 15.0. The van der Waals surface area contributed by atoms with E-state index < -0.39 is 48.3 Å². The molecule has 0 saturated carbocycles. The number of anilines is 1. The van der Waals surface area contributed by atoms with E-state index in [1.807, 2.05) is 13.8 Å². The van der Waals surface area contributed by atoms with Crippen molar-refractivity contribution in [2.45, 2.75) is 70.9 Å². The number of piperidine rings is 1. The van der Waals surface area contributed by atoms with Crippen LogP contribution in [0.15, 0.2) is 48.9 Å². The molecule has 1 N–H and O–H groups in total. The lowest BCUT2D eigenvalue weighted by atomic mass is 9.93. The average molecular weight is 556 g/mol. The summed E-state index contributed by atoms with van der Waals surface area (Å²) in [5.74, 6) is -3.69. The molecule has 1 fully saturated rings. The van der Waals surface area contributed by atoms with E-state index >= 15 is 0 Å². The number of hydrogen-bond donors (Lipinski definition) is 1. The zero-order valence-corrected chi connectivity index (χ0v) is 23.0. The van der Waals surface area contributed by atoms with Gasteiger partial charge in [-0.1, -0.05) is 32.0 Å². The minimum absolute atomic E-state index is 0.0537. The quantitative estimate of drug-likeness (QED) is 0.374. The molecular weight excluding hydrogens is 523 g/mol. The number of halogens is 3. The van der Waals surface area contributed by atoms with Crippen LogP contribution in [0.2, 0.25) is 0 Å². The summed E-state index contributed by atoms with van der Waals surface area (Å²) in [5.41, 5.74) is -0.131. The molecule has 2 aromatic heterocycles. The number of rotatable bonds is 5. The molecule has 1 saturated heterocycles. The molecule has 0 radical (unpaired) electrons. The van der Waals surface area contributed by atoms with Crippen molar-refractivity contribution in [2.24, 2.45) is 0 Å². The summed E-state index contributed by atoms with van der Waals surface area (Å²) < 4.78 is 49.5. The molecule has 0 aliphatic carbocycles. The van der Waals surface area contributed by atoms with Crippen LogP contribution in [0.3, 0.4) is 0 Å². The molecule has 40 heavy (non-hydrogen) atoms. The lowest BCUT2D eigenvalue weighted by molar-refractivity contribution is -0.0865. The van der Waals surface area contributed by atoms with Crippen molar-refractivity contribution in [3.05, 3.63) is 71.8 Å². The SMILES string of the molecule is CC(C)c1ncc(C(=O)Nc2c(-c3ccccc3F)ccnc2C2CCC(F)(F)CN2C(=O)OC(C)(C)C)cn1. The molecule has 4 rings (SSSR count). The number of amides is 2. The van der Waals surface area contributed by atoms with Crippen LogP contribution in [0.25, 0.3) is 11.1 Å². The third-order valence-corrected chi connectivity index (χ3v) is 6.34. The first-order chi connectivity index (χ1) is 18.8. The van der Waals surface area contributed by atoms with Gasteiger partial charge < -0.3 is 10.1 Å². The topological polar surface area (TPSA) is 97.3 Å². The number of pyridine rings is 1. The molecule has 0 spiro atoms. The highest BCUT2D eigenvalue weighted by Gasteiger charge is 2.45. The molecule has 1 unspecified atom stereocenters. The Morgan fingerprint density at radius 1 is 1.07 bits per heavy atom. The number of ether oxygens (including phenoxy) is 1. The molecule has 212 valence electrons. The van der Waals surface area contributed by atoms with E-state index in [4.69, 9.17) is 4.74 Å². The van der Waals surface area contributed by atoms with Crippen molar-refractivity contribution < 1.29 is 27.5 Å². The molecule has 2 amide bonds. The Labute approximate surface area is 231 Å². The Hall–Kier alpha value is -4.02. The van der Waals surface area contributed by atoms with Gasteiger partial charge in [-0.05, 0) is 39.3 Å². The fourth-order valence-electron chi connectivity index (χ4n) is 4.44. The number of nitrogens with zero attached hydrogens (tertiary/aromatic N) is 4. The molecular formula is C29H32F3N5O3.